The smallest absolute Gasteiger partial charge is 0.0477 e. The van der Waals surface area contributed by atoms with Gasteiger partial charge in [0.1, 0.15) is 0 Å². The SMILES string of the molecule is c1ccc(-c2ccc3c(c2)C2Cc4ccccc4-c4c2c-3cc2[nH]c3ccc(-c5ccccc5)cc3c42)cc1. The number of hydrogen-bond acceptors (Lipinski definition) is 0. The molecular weight excluding hydrogens is 470 g/mol. The van der Waals surface area contributed by atoms with Gasteiger partial charge in [-0.05, 0) is 91.9 Å². The van der Waals surface area contributed by atoms with Gasteiger partial charge in [0.15, 0.2) is 0 Å². The average molecular weight is 496 g/mol. The predicted molar refractivity (Wildman–Crippen MR) is 163 cm³/mol. The Labute approximate surface area is 227 Å². The molecule has 182 valence electrons. The van der Waals surface area contributed by atoms with Crippen LogP contribution in [0.1, 0.15) is 22.6 Å². The highest BCUT2D eigenvalue weighted by Crippen LogP contribution is 2.57. The first kappa shape index (κ1) is 21.1. The fraction of sp³-hybridized carbons (Fsp3) is 0.0526. The highest BCUT2D eigenvalue weighted by molar-refractivity contribution is 6.18. The van der Waals surface area contributed by atoms with Crippen molar-refractivity contribution in [2.45, 2.75) is 12.3 Å². The normalized spacial score (nSPS) is 14.8. The zero-order chi connectivity index (χ0) is 25.5. The summed E-state index contributed by atoms with van der Waals surface area (Å²) in [4.78, 5) is 3.80. The summed E-state index contributed by atoms with van der Waals surface area (Å²) in [6, 6.07) is 47.0. The summed E-state index contributed by atoms with van der Waals surface area (Å²) >= 11 is 0. The predicted octanol–water partition coefficient (Wildman–Crippen LogP) is 9.99. The lowest BCUT2D eigenvalue weighted by atomic mass is 9.76. The van der Waals surface area contributed by atoms with Gasteiger partial charge in [0, 0.05) is 27.7 Å². The maximum atomic E-state index is 3.80. The average Bonchev–Trinajstić information content (AvgIpc) is 3.53. The molecule has 1 aromatic heterocycles. The molecule has 0 radical (unpaired) electrons. The number of benzene rings is 6. The van der Waals surface area contributed by atoms with E-state index in [2.05, 4.69) is 132 Å². The quantitative estimate of drug-likeness (QED) is 0.246. The van der Waals surface area contributed by atoms with Crippen molar-refractivity contribution < 1.29 is 0 Å². The van der Waals surface area contributed by atoms with Crippen LogP contribution < -0.4 is 0 Å². The Morgan fingerprint density at radius 2 is 1.21 bits per heavy atom. The van der Waals surface area contributed by atoms with Crippen molar-refractivity contribution in [2.24, 2.45) is 0 Å². The number of rotatable bonds is 2. The lowest BCUT2D eigenvalue weighted by Crippen LogP contribution is -2.10. The molecule has 0 saturated carbocycles. The molecule has 6 aromatic carbocycles. The van der Waals surface area contributed by atoms with Crippen molar-refractivity contribution in [3.63, 3.8) is 0 Å². The van der Waals surface area contributed by atoms with Crippen molar-refractivity contribution >= 4 is 21.8 Å². The van der Waals surface area contributed by atoms with Crippen molar-refractivity contribution in [1.29, 1.82) is 0 Å². The third-order valence-corrected chi connectivity index (χ3v) is 8.92. The van der Waals surface area contributed by atoms with E-state index in [0.29, 0.717) is 5.92 Å². The molecule has 1 nitrogen and oxygen atoms in total. The van der Waals surface area contributed by atoms with Gasteiger partial charge in [-0.1, -0.05) is 103 Å². The van der Waals surface area contributed by atoms with Crippen LogP contribution in [0.15, 0.2) is 127 Å². The highest BCUT2D eigenvalue weighted by Gasteiger charge is 2.37. The van der Waals surface area contributed by atoms with E-state index in [0.717, 1.165) is 6.42 Å². The molecule has 1 heteroatoms. The summed E-state index contributed by atoms with van der Waals surface area (Å²) in [5.74, 6) is 0.371. The maximum Gasteiger partial charge on any atom is 0.0477 e. The van der Waals surface area contributed by atoms with Crippen LogP contribution in [-0.2, 0) is 6.42 Å². The molecule has 0 amide bonds. The van der Waals surface area contributed by atoms with Gasteiger partial charge in [0.25, 0.3) is 0 Å². The van der Waals surface area contributed by atoms with E-state index < -0.39 is 0 Å². The molecule has 7 aromatic rings. The number of fused-ring (bicyclic) bond motifs is 9. The number of hydrogen-bond donors (Lipinski definition) is 1. The number of H-pyrrole nitrogens is 1. The van der Waals surface area contributed by atoms with Crippen molar-refractivity contribution in [3.8, 4) is 44.5 Å². The molecule has 0 saturated heterocycles. The van der Waals surface area contributed by atoms with E-state index in [1.165, 1.54) is 83.0 Å². The summed E-state index contributed by atoms with van der Waals surface area (Å²) in [5, 5.41) is 2.66. The van der Waals surface area contributed by atoms with Crippen LogP contribution >= 0.6 is 0 Å². The van der Waals surface area contributed by atoms with Gasteiger partial charge in [0.2, 0.25) is 0 Å². The number of aromatic nitrogens is 1. The molecule has 0 fully saturated rings. The minimum absolute atomic E-state index is 0.371. The fourth-order valence-electron chi connectivity index (χ4n) is 7.19. The standard InChI is InChI=1S/C38H25N/c1-3-9-23(10-4-1)25-15-17-29-30(19-25)31-21-27-13-7-8-14-28(27)38-36(31)32(29)22-35-37(38)33-20-26(16-18-34(33)39-35)24-11-5-2-6-12-24/h1-20,22,31,39H,21H2. The van der Waals surface area contributed by atoms with E-state index in [-0.39, 0.29) is 0 Å². The Bertz CT molecular complexity index is 2080. The third-order valence-electron chi connectivity index (χ3n) is 8.92. The summed E-state index contributed by atoms with van der Waals surface area (Å²) in [6.45, 7) is 0. The second-order valence-corrected chi connectivity index (χ2v) is 11.0. The minimum Gasteiger partial charge on any atom is -0.354 e. The summed E-state index contributed by atoms with van der Waals surface area (Å²) < 4.78 is 0. The molecule has 2 aliphatic carbocycles. The molecule has 1 N–H and O–H groups in total. The topological polar surface area (TPSA) is 15.8 Å². The molecular formula is C38H25N. The Hall–Kier alpha value is -4.88. The summed E-state index contributed by atoms with van der Waals surface area (Å²) in [7, 11) is 0. The summed E-state index contributed by atoms with van der Waals surface area (Å²) in [5.41, 5.74) is 17.5. The molecule has 1 unspecified atom stereocenters. The van der Waals surface area contributed by atoms with Crippen LogP contribution in [0, 0.1) is 0 Å². The molecule has 0 spiro atoms. The first-order valence-corrected chi connectivity index (χ1v) is 13.8. The van der Waals surface area contributed by atoms with Gasteiger partial charge in [-0.15, -0.1) is 0 Å². The van der Waals surface area contributed by atoms with Gasteiger partial charge in [0.05, 0.1) is 0 Å². The molecule has 2 aliphatic rings. The van der Waals surface area contributed by atoms with Gasteiger partial charge < -0.3 is 4.98 Å². The van der Waals surface area contributed by atoms with E-state index in [4.69, 9.17) is 0 Å². The first-order chi connectivity index (χ1) is 19.3. The zero-order valence-electron chi connectivity index (χ0n) is 21.4. The second-order valence-electron chi connectivity index (χ2n) is 11.0. The lowest BCUT2D eigenvalue weighted by molar-refractivity contribution is 0.817. The minimum atomic E-state index is 0.371. The maximum absolute atomic E-state index is 3.80. The third kappa shape index (κ3) is 2.96. The lowest BCUT2D eigenvalue weighted by Gasteiger charge is -2.26. The van der Waals surface area contributed by atoms with Crippen LogP contribution in [0.4, 0.5) is 0 Å². The molecule has 0 aliphatic heterocycles. The Balaban J connectivity index is 1.35. The van der Waals surface area contributed by atoms with Crippen LogP contribution in [0.3, 0.4) is 0 Å². The largest absolute Gasteiger partial charge is 0.354 e. The summed E-state index contributed by atoms with van der Waals surface area (Å²) in [6.07, 6.45) is 1.05. The van der Waals surface area contributed by atoms with Crippen LogP contribution in [0.5, 0.6) is 0 Å². The Kier molecular flexibility index (Phi) is 4.23. The van der Waals surface area contributed by atoms with Gasteiger partial charge in [-0.2, -0.15) is 0 Å². The van der Waals surface area contributed by atoms with Gasteiger partial charge in [-0.3, -0.25) is 0 Å². The zero-order valence-corrected chi connectivity index (χ0v) is 21.4. The Morgan fingerprint density at radius 1 is 0.513 bits per heavy atom. The van der Waals surface area contributed by atoms with Crippen LogP contribution in [0.2, 0.25) is 0 Å². The van der Waals surface area contributed by atoms with Crippen LogP contribution in [-0.4, -0.2) is 4.98 Å². The molecule has 0 bridgehead atoms. The van der Waals surface area contributed by atoms with Crippen molar-refractivity contribution in [2.75, 3.05) is 0 Å². The van der Waals surface area contributed by atoms with Gasteiger partial charge in [-0.25, -0.2) is 0 Å². The number of aromatic amines is 1. The fourth-order valence-corrected chi connectivity index (χ4v) is 7.19. The van der Waals surface area contributed by atoms with Gasteiger partial charge >= 0.3 is 0 Å². The van der Waals surface area contributed by atoms with E-state index in [9.17, 15) is 0 Å². The van der Waals surface area contributed by atoms with Crippen molar-refractivity contribution in [3.05, 3.63) is 144 Å². The molecule has 1 atom stereocenters. The van der Waals surface area contributed by atoms with E-state index in [1.807, 2.05) is 0 Å². The number of nitrogens with one attached hydrogen (secondary N) is 1. The molecule has 39 heavy (non-hydrogen) atoms. The second kappa shape index (κ2) is 7.82. The highest BCUT2D eigenvalue weighted by atomic mass is 14.7. The van der Waals surface area contributed by atoms with Crippen molar-refractivity contribution in [1.82, 2.24) is 4.98 Å². The van der Waals surface area contributed by atoms with E-state index in [1.54, 1.807) is 0 Å². The first-order valence-electron chi connectivity index (χ1n) is 13.8. The molecule has 1 heterocycles. The van der Waals surface area contributed by atoms with Crippen LogP contribution in [0.25, 0.3) is 66.3 Å². The van der Waals surface area contributed by atoms with E-state index >= 15 is 0 Å². The monoisotopic (exact) mass is 495 g/mol. The molecule has 9 rings (SSSR count). The Morgan fingerprint density at radius 3 is 2.00 bits per heavy atom.